The Bertz CT molecular complexity index is 782. The largest absolute Gasteiger partial charge is 0.310 e. The number of nitrogens with zero attached hydrogens (tertiary/aromatic N) is 1. The van der Waals surface area contributed by atoms with Crippen LogP contribution in [0.2, 0.25) is 5.02 Å². The quantitative estimate of drug-likeness (QED) is 0.888. The Hall–Kier alpha value is -1.66. The zero-order valence-electron chi connectivity index (χ0n) is 12.9. The molecule has 2 atom stereocenters. The van der Waals surface area contributed by atoms with Crippen LogP contribution in [0.3, 0.4) is 0 Å². The Morgan fingerprint density at radius 3 is 2.70 bits per heavy atom. The van der Waals surface area contributed by atoms with Crippen LogP contribution in [0, 0.1) is 0 Å². The van der Waals surface area contributed by atoms with Gasteiger partial charge in [-0.05, 0) is 31.0 Å². The van der Waals surface area contributed by atoms with Crippen LogP contribution in [-0.2, 0) is 4.79 Å². The van der Waals surface area contributed by atoms with Gasteiger partial charge in [-0.25, -0.2) is 0 Å². The number of hydrogen-bond donors (Lipinski definition) is 2. The molecule has 1 aliphatic heterocycles. The van der Waals surface area contributed by atoms with E-state index in [9.17, 15) is 9.59 Å². The minimum Gasteiger partial charge on any atom is -0.310 e. The van der Waals surface area contributed by atoms with E-state index < -0.39 is 0 Å². The van der Waals surface area contributed by atoms with Gasteiger partial charge in [-0.1, -0.05) is 30.7 Å². The molecule has 122 valence electrons. The molecule has 0 spiro atoms. The minimum absolute atomic E-state index is 0.0937. The third-order valence-electron chi connectivity index (χ3n) is 4.07. The summed E-state index contributed by atoms with van der Waals surface area (Å²) in [5.74, 6) is 0.796. The lowest BCUT2D eigenvalue weighted by Crippen LogP contribution is -2.18. The van der Waals surface area contributed by atoms with Gasteiger partial charge in [0.05, 0.1) is 16.6 Å². The molecule has 0 fully saturated rings. The van der Waals surface area contributed by atoms with Crippen molar-refractivity contribution in [1.82, 2.24) is 9.78 Å². The highest BCUT2D eigenvalue weighted by molar-refractivity contribution is 8.00. The Morgan fingerprint density at radius 2 is 2.04 bits per heavy atom. The monoisotopic (exact) mass is 351 g/mol. The first-order valence-electron chi connectivity index (χ1n) is 7.52. The lowest BCUT2D eigenvalue weighted by molar-refractivity contribution is -0.113. The number of amides is 1. The van der Waals surface area contributed by atoms with Crippen molar-refractivity contribution in [2.45, 2.75) is 31.6 Å². The number of carbonyl (C=O) groups is 1. The van der Waals surface area contributed by atoms with Gasteiger partial charge < -0.3 is 5.32 Å². The molecule has 0 aliphatic carbocycles. The van der Waals surface area contributed by atoms with Crippen LogP contribution in [0.1, 0.15) is 42.7 Å². The SMILES string of the molecule is CC[C@@H](C)n1[nH]c(=O)c2c1NC(=O)CS[C@@H]2c1ccc(Cl)cc1. The summed E-state index contributed by atoms with van der Waals surface area (Å²) in [6, 6.07) is 7.51. The van der Waals surface area contributed by atoms with E-state index in [-0.39, 0.29) is 22.8 Å². The van der Waals surface area contributed by atoms with Crippen molar-refractivity contribution in [2.75, 3.05) is 11.1 Å². The maximum absolute atomic E-state index is 12.5. The second-order valence-corrected chi connectivity index (χ2v) is 7.15. The third kappa shape index (κ3) is 3.05. The second-order valence-electron chi connectivity index (χ2n) is 5.62. The van der Waals surface area contributed by atoms with Crippen LogP contribution in [0.15, 0.2) is 29.1 Å². The van der Waals surface area contributed by atoms with Crippen LogP contribution < -0.4 is 10.9 Å². The van der Waals surface area contributed by atoms with Gasteiger partial charge in [0.1, 0.15) is 5.82 Å². The van der Waals surface area contributed by atoms with Crippen molar-refractivity contribution in [3.05, 3.63) is 50.8 Å². The minimum atomic E-state index is -0.199. The molecule has 1 aromatic carbocycles. The third-order valence-corrected chi connectivity index (χ3v) is 5.59. The van der Waals surface area contributed by atoms with Gasteiger partial charge in [0.25, 0.3) is 5.56 Å². The molecule has 0 bridgehead atoms. The van der Waals surface area contributed by atoms with Gasteiger partial charge in [0.15, 0.2) is 0 Å². The molecule has 1 amide bonds. The summed E-state index contributed by atoms with van der Waals surface area (Å²) in [5, 5.41) is 6.20. The van der Waals surface area contributed by atoms with Gasteiger partial charge in [0, 0.05) is 11.1 Å². The van der Waals surface area contributed by atoms with Crippen LogP contribution in [0.25, 0.3) is 0 Å². The average Bonchev–Trinajstić information content (AvgIpc) is 2.74. The number of fused-ring (bicyclic) bond motifs is 1. The molecular weight excluding hydrogens is 334 g/mol. The molecule has 0 radical (unpaired) electrons. The fourth-order valence-corrected chi connectivity index (χ4v) is 3.91. The lowest BCUT2D eigenvalue weighted by Gasteiger charge is -2.16. The normalized spacial score (nSPS) is 18.9. The molecule has 2 N–H and O–H groups in total. The van der Waals surface area contributed by atoms with Crippen molar-refractivity contribution >= 4 is 35.1 Å². The molecule has 7 heteroatoms. The van der Waals surface area contributed by atoms with Crippen molar-refractivity contribution in [2.24, 2.45) is 0 Å². The van der Waals surface area contributed by atoms with Crippen molar-refractivity contribution < 1.29 is 4.79 Å². The highest BCUT2D eigenvalue weighted by Gasteiger charge is 2.31. The number of thioether (sulfide) groups is 1. The van der Waals surface area contributed by atoms with E-state index in [1.165, 1.54) is 11.8 Å². The maximum Gasteiger partial charge on any atom is 0.270 e. The number of aromatic nitrogens is 2. The predicted octanol–water partition coefficient (Wildman–Crippen LogP) is 3.58. The molecule has 3 rings (SSSR count). The van der Waals surface area contributed by atoms with Gasteiger partial charge >= 0.3 is 0 Å². The van der Waals surface area contributed by atoms with Crippen molar-refractivity contribution in [3.8, 4) is 0 Å². The van der Waals surface area contributed by atoms with E-state index >= 15 is 0 Å². The highest BCUT2D eigenvalue weighted by Crippen LogP contribution is 2.40. The highest BCUT2D eigenvalue weighted by atomic mass is 35.5. The lowest BCUT2D eigenvalue weighted by atomic mass is 10.1. The molecular formula is C16H18ClN3O2S. The summed E-state index contributed by atoms with van der Waals surface area (Å²) in [5.41, 5.74) is 1.41. The molecule has 5 nitrogen and oxygen atoms in total. The predicted molar refractivity (Wildman–Crippen MR) is 94.4 cm³/mol. The first kappa shape index (κ1) is 16.2. The molecule has 2 heterocycles. The molecule has 0 saturated heterocycles. The van der Waals surface area contributed by atoms with E-state index in [4.69, 9.17) is 11.6 Å². The van der Waals surface area contributed by atoms with E-state index in [2.05, 4.69) is 10.4 Å². The molecule has 1 aliphatic rings. The number of carbonyl (C=O) groups excluding carboxylic acids is 1. The number of halogens is 1. The van der Waals surface area contributed by atoms with E-state index in [1.54, 1.807) is 16.8 Å². The van der Waals surface area contributed by atoms with E-state index in [1.807, 2.05) is 26.0 Å². The van der Waals surface area contributed by atoms with Gasteiger partial charge in [-0.15, -0.1) is 11.8 Å². The summed E-state index contributed by atoms with van der Waals surface area (Å²) >= 11 is 7.41. The second kappa shape index (κ2) is 6.45. The summed E-state index contributed by atoms with van der Waals surface area (Å²) in [4.78, 5) is 24.6. The number of H-pyrrole nitrogens is 1. The van der Waals surface area contributed by atoms with Gasteiger partial charge in [0.2, 0.25) is 5.91 Å². The van der Waals surface area contributed by atoms with E-state index in [0.717, 1.165) is 12.0 Å². The van der Waals surface area contributed by atoms with Gasteiger partial charge in [-0.2, -0.15) is 0 Å². The molecule has 1 aromatic heterocycles. The summed E-state index contributed by atoms with van der Waals surface area (Å²) in [6.07, 6.45) is 0.853. The summed E-state index contributed by atoms with van der Waals surface area (Å²) < 4.78 is 1.77. The average molecular weight is 352 g/mol. The van der Waals surface area contributed by atoms with E-state index in [0.29, 0.717) is 22.2 Å². The molecule has 0 saturated carbocycles. The smallest absolute Gasteiger partial charge is 0.270 e. The van der Waals surface area contributed by atoms with Crippen LogP contribution in [0.4, 0.5) is 5.82 Å². The van der Waals surface area contributed by atoms with Gasteiger partial charge in [-0.3, -0.25) is 19.4 Å². The number of anilines is 1. The standard InChI is InChI=1S/C16H18ClN3O2S/c1-3-9(2)20-15-13(16(22)19-20)14(23-8-12(21)18-15)10-4-6-11(17)7-5-10/h4-7,9,14H,3,8H2,1-2H3,(H,18,21)(H,19,22)/t9-,14-/m1/s1. The van der Waals surface area contributed by atoms with Crippen LogP contribution in [0.5, 0.6) is 0 Å². The Kier molecular flexibility index (Phi) is 4.55. The number of aromatic amines is 1. The number of nitrogens with one attached hydrogen (secondary N) is 2. The Labute approximate surface area is 143 Å². The Balaban J connectivity index is 2.15. The zero-order chi connectivity index (χ0) is 16.6. The maximum atomic E-state index is 12.5. The summed E-state index contributed by atoms with van der Waals surface area (Å²) in [7, 11) is 0. The fraction of sp³-hybridized carbons (Fsp3) is 0.375. The molecule has 2 aromatic rings. The Morgan fingerprint density at radius 1 is 1.35 bits per heavy atom. The van der Waals surface area contributed by atoms with Crippen LogP contribution in [-0.4, -0.2) is 21.4 Å². The number of rotatable bonds is 3. The zero-order valence-corrected chi connectivity index (χ0v) is 14.5. The first-order valence-corrected chi connectivity index (χ1v) is 8.95. The van der Waals surface area contributed by atoms with Crippen LogP contribution >= 0.6 is 23.4 Å². The van der Waals surface area contributed by atoms with Crippen molar-refractivity contribution in [3.63, 3.8) is 0 Å². The fourth-order valence-electron chi connectivity index (χ4n) is 2.66. The summed E-state index contributed by atoms with van der Waals surface area (Å²) in [6.45, 7) is 4.05. The topological polar surface area (TPSA) is 66.9 Å². The number of hydrogen-bond acceptors (Lipinski definition) is 3. The molecule has 23 heavy (non-hydrogen) atoms. The first-order chi connectivity index (χ1) is 11.0. The molecule has 0 unspecified atom stereocenters. The number of benzene rings is 1. The van der Waals surface area contributed by atoms with Crippen molar-refractivity contribution in [1.29, 1.82) is 0 Å².